The summed E-state index contributed by atoms with van der Waals surface area (Å²) in [6.45, 7) is 1.97. The summed E-state index contributed by atoms with van der Waals surface area (Å²) in [6, 6.07) is 10.5. The Morgan fingerprint density at radius 1 is 1.21 bits per heavy atom. The van der Waals surface area contributed by atoms with Crippen molar-refractivity contribution in [1.82, 2.24) is 0 Å². The molecule has 2 aromatic rings. The zero-order valence-electron chi connectivity index (χ0n) is 10.9. The van der Waals surface area contributed by atoms with Crippen LogP contribution in [0.1, 0.15) is 45.1 Å². The highest BCUT2D eigenvalue weighted by atomic mass is 32.1. The zero-order chi connectivity index (χ0) is 13.2. The van der Waals surface area contributed by atoms with Crippen molar-refractivity contribution >= 4 is 23.2 Å². The van der Waals surface area contributed by atoms with Gasteiger partial charge in [-0.3, -0.25) is 4.79 Å². The molecule has 1 heterocycles. The molecule has 3 rings (SSSR count). The van der Waals surface area contributed by atoms with Gasteiger partial charge < -0.3 is 0 Å². The van der Waals surface area contributed by atoms with Gasteiger partial charge in [-0.05, 0) is 59.9 Å². The lowest BCUT2D eigenvalue weighted by atomic mass is 10.1. The van der Waals surface area contributed by atoms with Crippen molar-refractivity contribution in [2.24, 2.45) is 0 Å². The maximum absolute atomic E-state index is 12.0. The Morgan fingerprint density at radius 2 is 1.95 bits per heavy atom. The van der Waals surface area contributed by atoms with E-state index in [9.17, 15) is 4.79 Å². The van der Waals surface area contributed by atoms with Crippen LogP contribution in [0.25, 0.3) is 6.08 Å². The number of aryl methyl sites for hydroxylation is 1. The summed E-state index contributed by atoms with van der Waals surface area (Å²) in [5, 5.41) is 1.96. The van der Waals surface area contributed by atoms with E-state index in [0.717, 1.165) is 21.9 Å². The topological polar surface area (TPSA) is 17.1 Å². The van der Waals surface area contributed by atoms with Crippen LogP contribution in [0.2, 0.25) is 0 Å². The van der Waals surface area contributed by atoms with Crippen molar-refractivity contribution in [2.45, 2.75) is 25.7 Å². The van der Waals surface area contributed by atoms with E-state index in [1.807, 2.05) is 24.4 Å². The molecule has 19 heavy (non-hydrogen) atoms. The molecule has 2 heteroatoms. The van der Waals surface area contributed by atoms with Crippen LogP contribution in [0.15, 0.2) is 41.8 Å². The van der Waals surface area contributed by atoms with E-state index in [4.69, 9.17) is 0 Å². The SMILES string of the molecule is Cc1ccsc1C(=O)C=Cc1ccc(C2CC2)cc1. The molecule has 1 nitrogen and oxygen atoms in total. The summed E-state index contributed by atoms with van der Waals surface area (Å²) in [7, 11) is 0. The number of hydrogen-bond donors (Lipinski definition) is 0. The molecule has 0 bridgehead atoms. The lowest BCUT2D eigenvalue weighted by molar-refractivity contribution is 0.105. The number of benzene rings is 1. The molecule has 1 aromatic carbocycles. The fraction of sp³-hybridized carbons (Fsp3) is 0.235. The molecule has 96 valence electrons. The van der Waals surface area contributed by atoms with Crippen LogP contribution in [0.4, 0.5) is 0 Å². The molecule has 0 N–H and O–H groups in total. The second kappa shape index (κ2) is 5.14. The average Bonchev–Trinajstić information content (AvgIpc) is 3.19. The van der Waals surface area contributed by atoms with E-state index in [0.29, 0.717) is 0 Å². The van der Waals surface area contributed by atoms with Crippen molar-refractivity contribution in [3.63, 3.8) is 0 Å². The number of hydrogen-bond acceptors (Lipinski definition) is 2. The van der Waals surface area contributed by atoms with Gasteiger partial charge in [-0.2, -0.15) is 0 Å². The summed E-state index contributed by atoms with van der Waals surface area (Å²) in [5.74, 6) is 0.882. The number of ketones is 1. The molecule has 1 saturated carbocycles. The normalized spacial score (nSPS) is 15.0. The van der Waals surface area contributed by atoms with Gasteiger partial charge in [0.15, 0.2) is 5.78 Å². The summed E-state index contributed by atoms with van der Waals surface area (Å²) >= 11 is 1.51. The van der Waals surface area contributed by atoms with Gasteiger partial charge in [-0.25, -0.2) is 0 Å². The molecule has 0 aliphatic heterocycles. The maximum Gasteiger partial charge on any atom is 0.196 e. The van der Waals surface area contributed by atoms with Gasteiger partial charge in [0.05, 0.1) is 4.88 Å². The van der Waals surface area contributed by atoms with Gasteiger partial charge in [-0.1, -0.05) is 30.3 Å². The number of allylic oxidation sites excluding steroid dienone is 1. The largest absolute Gasteiger partial charge is 0.288 e. The first-order chi connectivity index (χ1) is 9.24. The molecule has 1 fully saturated rings. The van der Waals surface area contributed by atoms with Gasteiger partial charge in [0, 0.05) is 0 Å². The fourth-order valence-corrected chi connectivity index (χ4v) is 3.02. The molecule has 1 aliphatic carbocycles. The molecule has 0 atom stereocenters. The van der Waals surface area contributed by atoms with Crippen LogP contribution in [-0.2, 0) is 0 Å². The average molecular weight is 268 g/mol. The number of rotatable bonds is 4. The molecule has 0 radical (unpaired) electrons. The lowest BCUT2D eigenvalue weighted by Crippen LogP contribution is -1.92. The van der Waals surface area contributed by atoms with Crippen molar-refractivity contribution in [2.75, 3.05) is 0 Å². The molecule has 0 amide bonds. The Balaban J connectivity index is 1.71. The minimum absolute atomic E-state index is 0.0961. The summed E-state index contributed by atoms with van der Waals surface area (Å²) in [6.07, 6.45) is 6.22. The fourth-order valence-electron chi connectivity index (χ4n) is 2.17. The van der Waals surface area contributed by atoms with Gasteiger partial charge in [0.1, 0.15) is 0 Å². The Hall–Kier alpha value is -1.67. The predicted octanol–water partition coefficient (Wildman–Crippen LogP) is 4.83. The predicted molar refractivity (Wildman–Crippen MR) is 80.8 cm³/mol. The molecule has 1 aromatic heterocycles. The van der Waals surface area contributed by atoms with E-state index in [1.54, 1.807) is 6.08 Å². The third-order valence-corrected chi connectivity index (χ3v) is 4.53. The zero-order valence-corrected chi connectivity index (χ0v) is 11.7. The summed E-state index contributed by atoms with van der Waals surface area (Å²) in [5.41, 5.74) is 3.58. The van der Waals surface area contributed by atoms with Crippen molar-refractivity contribution in [1.29, 1.82) is 0 Å². The Kier molecular flexibility index (Phi) is 3.34. The number of thiophene rings is 1. The smallest absolute Gasteiger partial charge is 0.196 e. The monoisotopic (exact) mass is 268 g/mol. The quantitative estimate of drug-likeness (QED) is 0.573. The van der Waals surface area contributed by atoms with E-state index in [2.05, 4.69) is 24.3 Å². The molecule has 0 unspecified atom stereocenters. The highest BCUT2D eigenvalue weighted by Crippen LogP contribution is 2.39. The second-order valence-corrected chi connectivity index (χ2v) is 5.99. The standard InChI is InChI=1S/C17H16OS/c1-12-10-11-19-17(12)16(18)9-4-13-2-5-14(6-3-13)15-7-8-15/h2-6,9-11,15H,7-8H2,1H3. The van der Waals surface area contributed by atoms with E-state index >= 15 is 0 Å². The first-order valence-electron chi connectivity index (χ1n) is 6.60. The van der Waals surface area contributed by atoms with Crippen LogP contribution in [0.5, 0.6) is 0 Å². The summed E-state index contributed by atoms with van der Waals surface area (Å²) < 4.78 is 0. The van der Waals surface area contributed by atoms with Crippen molar-refractivity contribution in [3.05, 3.63) is 63.4 Å². The van der Waals surface area contributed by atoms with Gasteiger partial charge >= 0.3 is 0 Å². The second-order valence-electron chi connectivity index (χ2n) is 5.07. The lowest BCUT2D eigenvalue weighted by Gasteiger charge is -1.98. The molecular formula is C17H16OS. The highest BCUT2D eigenvalue weighted by Gasteiger charge is 2.22. The van der Waals surface area contributed by atoms with Gasteiger partial charge in [-0.15, -0.1) is 11.3 Å². The first kappa shape index (κ1) is 12.4. The molecule has 0 saturated heterocycles. The van der Waals surface area contributed by atoms with Crippen LogP contribution in [0, 0.1) is 6.92 Å². The van der Waals surface area contributed by atoms with Gasteiger partial charge in [0.25, 0.3) is 0 Å². The van der Waals surface area contributed by atoms with E-state index < -0.39 is 0 Å². The van der Waals surface area contributed by atoms with Crippen molar-refractivity contribution < 1.29 is 4.79 Å². The Morgan fingerprint density at radius 3 is 2.53 bits per heavy atom. The molecule has 0 spiro atoms. The molecule has 1 aliphatic rings. The third kappa shape index (κ3) is 2.85. The first-order valence-corrected chi connectivity index (χ1v) is 7.48. The van der Waals surface area contributed by atoms with Gasteiger partial charge in [0.2, 0.25) is 0 Å². The van der Waals surface area contributed by atoms with Crippen LogP contribution in [-0.4, -0.2) is 5.78 Å². The Labute approximate surface area is 117 Å². The summed E-state index contributed by atoms with van der Waals surface area (Å²) in [4.78, 5) is 12.8. The minimum Gasteiger partial charge on any atom is -0.288 e. The number of carbonyl (C=O) groups is 1. The van der Waals surface area contributed by atoms with Crippen LogP contribution >= 0.6 is 11.3 Å². The van der Waals surface area contributed by atoms with E-state index in [-0.39, 0.29) is 5.78 Å². The van der Waals surface area contributed by atoms with Crippen molar-refractivity contribution in [3.8, 4) is 0 Å². The third-order valence-electron chi connectivity index (χ3n) is 3.50. The molecular weight excluding hydrogens is 252 g/mol. The van der Waals surface area contributed by atoms with Crippen LogP contribution in [0.3, 0.4) is 0 Å². The number of carbonyl (C=O) groups excluding carboxylic acids is 1. The van der Waals surface area contributed by atoms with Crippen LogP contribution < -0.4 is 0 Å². The highest BCUT2D eigenvalue weighted by molar-refractivity contribution is 7.12. The maximum atomic E-state index is 12.0. The van der Waals surface area contributed by atoms with E-state index in [1.165, 1.54) is 29.7 Å². The minimum atomic E-state index is 0.0961. The Bertz CT molecular complexity index is 615.